The van der Waals surface area contributed by atoms with Gasteiger partial charge in [0.2, 0.25) is 0 Å². The summed E-state index contributed by atoms with van der Waals surface area (Å²) in [5, 5.41) is 22.9. The summed E-state index contributed by atoms with van der Waals surface area (Å²) in [6.45, 7) is 4.53. The van der Waals surface area contributed by atoms with Gasteiger partial charge in [0.1, 0.15) is 0 Å². The lowest BCUT2D eigenvalue weighted by atomic mass is 10.1. The van der Waals surface area contributed by atoms with Crippen molar-refractivity contribution in [1.82, 2.24) is 5.32 Å². The summed E-state index contributed by atoms with van der Waals surface area (Å²) in [6, 6.07) is 2.94. The summed E-state index contributed by atoms with van der Waals surface area (Å²) >= 11 is 0. The number of carbonyl (C=O) groups excluding carboxylic acids is 1. The molecule has 2 amide bonds. The van der Waals surface area contributed by atoms with E-state index in [1.54, 1.807) is 0 Å². The Morgan fingerprint density at radius 1 is 1.05 bits per heavy atom. The van der Waals surface area contributed by atoms with Gasteiger partial charge >= 0.3 is 18.0 Å². The summed E-state index contributed by atoms with van der Waals surface area (Å²) in [5.41, 5.74) is -0.283. The number of hydrogen-bond acceptors (Lipinski definition) is 3. The molecule has 7 heteroatoms. The van der Waals surface area contributed by atoms with Crippen molar-refractivity contribution in [2.75, 3.05) is 11.9 Å². The molecule has 0 saturated carbocycles. The SMILES string of the molecule is CC(C)CCNC(=O)Nc1cc(C(=O)O)cc(C(=O)O)c1. The van der Waals surface area contributed by atoms with Crippen molar-refractivity contribution in [2.45, 2.75) is 20.3 Å². The van der Waals surface area contributed by atoms with E-state index < -0.39 is 18.0 Å². The fourth-order valence-electron chi connectivity index (χ4n) is 1.60. The van der Waals surface area contributed by atoms with Crippen LogP contribution in [0.3, 0.4) is 0 Å². The minimum Gasteiger partial charge on any atom is -0.478 e. The van der Waals surface area contributed by atoms with Crippen LogP contribution in [0.5, 0.6) is 0 Å². The maximum atomic E-state index is 11.6. The average molecular weight is 294 g/mol. The number of hydrogen-bond donors (Lipinski definition) is 4. The molecule has 7 nitrogen and oxygen atoms in total. The topological polar surface area (TPSA) is 116 Å². The quantitative estimate of drug-likeness (QED) is 0.642. The highest BCUT2D eigenvalue weighted by molar-refractivity contribution is 5.98. The molecule has 1 rings (SSSR count). The number of anilines is 1. The van der Waals surface area contributed by atoms with E-state index in [4.69, 9.17) is 10.2 Å². The van der Waals surface area contributed by atoms with Crippen molar-refractivity contribution in [3.05, 3.63) is 29.3 Å². The Hall–Kier alpha value is -2.57. The van der Waals surface area contributed by atoms with E-state index in [1.807, 2.05) is 13.8 Å². The molecule has 0 spiro atoms. The number of urea groups is 1. The Morgan fingerprint density at radius 2 is 1.57 bits per heavy atom. The second-order valence-electron chi connectivity index (χ2n) is 4.97. The predicted molar refractivity (Wildman–Crippen MR) is 76.8 cm³/mol. The molecule has 0 saturated heterocycles. The van der Waals surface area contributed by atoms with E-state index in [0.717, 1.165) is 12.5 Å². The van der Waals surface area contributed by atoms with Gasteiger partial charge in [-0.3, -0.25) is 0 Å². The molecule has 0 aliphatic rings. The highest BCUT2D eigenvalue weighted by atomic mass is 16.4. The van der Waals surface area contributed by atoms with E-state index in [0.29, 0.717) is 12.5 Å². The molecule has 114 valence electrons. The maximum Gasteiger partial charge on any atom is 0.335 e. The fraction of sp³-hybridized carbons (Fsp3) is 0.357. The highest BCUT2D eigenvalue weighted by Gasteiger charge is 2.12. The number of carboxylic acids is 2. The van der Waals surface area contributed by atoms with E-state index in [2.05, 4.69) is 10.6 Å². The normalized spacial score (nSPS) is 10.2. The lowest BCUT2D eigenvalue weighted by Crippen LogP contribution is -2.30. The van der Waals surface area contributed by atoms with Crippen LogP contribution in [0.4, 0.5) is 10.5 Å². The maximum absolute atomic E-state index is 11.6. The van der Waals surface area contributed by atoms with Crippen LogP contribution < -0.4 is 10.6 Å². The summed E-state index contributed by atoms with van der Waals surface area (Å²) in [4.78, 5) is 33.5. The number of nitrogens with one attached hydrogen (secondary N) is 2. The van der Waals surface area contributed by atoms with Crippen LogP contribution in [0.15, 0.2) is 18.2 Å². The summed E-state index contributed by atoms with van der Waals surface area (Å²) in [7, 11) is 0. The lowest BCUT2D eigenvalue weighted by molar-refractivity contribution is 0.0696. The van der Waals surface area contributed by atoms with Crippen LogP contribution in [0, 0.1) is 5.92 Å². The van der Waals surface area contributed by atoms with Crippen molar-refractivity contribution in [1.29, 1.82) is 0 Å². The van der Waals surface area contributed by atoms with E-state index in [1.165, 1.54) is 12.1 Å². The smallest absolute Gasteiger partial charge is 0.335 e. The van der Waals surface area contributed by atoms with Crippen molar-refractivity contribution in [3.8, 4) is 0 Å². The summed E-state index contributed by atoms with van der Waals surface area (Å²) < 4.78 is 0. The van der Waals surface area contributed by atoms with Crippen LogP contribution in [-0.2, 0) is 0 Å². The average Bonchev–Trinajstić information content (AvgIpc) is 2.37. The largest absolute Gasteiger partial charge is 0.478 e. The second kappa shape index (κ2) is 7.28. The van der Waals surface area contributed by atoms with Crippen LogP contribution in [0.25, 0.3) is 0 Å². The molecule has 21 heavy (non-hydrogen) atoms. The van der Waals surface area contributed by atoms with E-state index >= 15 is 0 Å². The van der Waals surface area contributed by atoms with Gasteiger partial charge in [0.25, 0.3) is 0 Å². The molecule has 1 aromatic rings. The van der Waals surface area contributed by atoms with Gasteiger partial charge in [-0.25, -0.2) is 14.4 Å². The van der Waals surface area contributed by atoms with Crippen molar-refractivity contribution >= 4 is 23.7 Å². The zero-order chi connectivity index (χ0) is 16.0. The van der Waals surface area contributed by atoms with Crippen molar-refractivity contribution in [2.24, 2.45) is 5.92 Å². The predicted octanol–water partition coefficient (Wildman–Crippen LogP) is 2.25. The van der Waals surface area contributed by atoms with Gasteiger partial charge in [0.15, 0.2) is 0 Å². The van der Waals surface area contributed by atoms with Crippen LogP contribution >= 0.6 is 0 Å². The van der Waals surface area contributed by atoms with Gasteiger partial charge in [-0.2, -0.15) is 0 Å². The lowest BCUT2D eigenvalue weighted by Gasteiger charge is -2.10. The first-order valence-corrected chi connectivity index (χ1v) is 6.46. The number of carboxylic acid groups (broad SMARTS) is 2. The molecule has 0 unspecified atom stereocenters. The monoisotopic (exact) mass is 294 g/mol. The minimum atomic E-state index is -1.26. The van der Waals surface area contributed by atoms with E-state index in [-0.39, 0.29) is 16.8 Å². The van der Waals surface area contributed by atoms with Gasteiger partial charge < -0.3 is 20.8 Å². The first-order valence-electron chi connectivity index (χ1n) is 6.46. The number of aromatic carboxylic acids is 2. The number of rotatable bonds is 6. The first kappa shape index (κ1) is 16.5. The molecule has 0 atom stereocenters. The van der Waals surface area contributed by atoms with Gasteiger partial charge in [-0.05, 0) is 30.5 Å². The van der Waals surface area contributed by atoms with Crippen molar-refractivity contribution < 1.29 is 24.6 Å². The Morgan fingerprint density at radius 3 is 2.00 bits per heavy atom. The Bertz CT molecular complexity index is 522. The minimum absolute atomic E-state index is 0.120. The standard InChI is InChI=1S/C14H18N2O5/c1-8(2)3-4-15-14(21)16-11-6-9(12(17)18)5-10(7-11)13(19)20/h5-8H,3-4H2,1-2H3,(H,17,18)(H,19,20)(H2,15,16,21). The number of benzene rings is 1. The molecule has 0 aliphatic carbocycles. The number of carbonyl (C=O) groups is 3. The van der Waals surface area contributed by atoms with Gasteiger partial charge in [0, 0.05) is 12.2 Å². The third-order valence-electron chi connectivity index (χ3n) is 2.69. The van der Waals surface area contributed by atoms with Crippen LogP contribution in [0.2, 0.25) is 0 Å². The molecule has 0 heterocycles. The first-order chi connectivity index (χ1) is 9.79. The molecule has 1 aromatic carbocycles. The van der Waals surface area contributed by atoms with Crippen LogP contribution in [0.1, 0.15) is 41.0 Å². The van der Waals surface area contributed by atoms with Gasteiger partial charge in [-0.1, -0.05) is 13.8 Å². The van der Waals surface area contributed by atoms with E-state index in [9.17, 15) is 14.4 Å². The zero-order valence-corrected chi connectivity index (χ0v) is 11.8. The fourth-order valence-corrected chi connectivity index (χ4v) is 1.60. The summed E-state index contributed by atoms with van der Waals surface area (Å²) in [6.07, 6.45) is 0.808. The molecule has 4 N–H and O–H groups in total. The molecule has 0 radical (unpaired) electrons. The molecule has 0 bridgehead atoms. The molecular weight excluding hydrogens is 276 g/mol. The third-order valence-corrected chi connectivity index (χ3v) is 2.69. The third kappa shape index (κ3) is 5.52. The second-order valence-corrected chi connectivity index (χ2v) is 4.97. The highest BCUT2D eigenvalue weighted by Crippen LogP contribution is 2.15. The van der Waals surface area contributed by atoms with Gasteiger partial charge in [-0.15, -0.1) is 0 Å². The molecular formula is C14H18N2O5. The summed E-state index contributed by atoms with van der Waals surface area (Å²) in [5.74, 6) is -2.08. The van der Waals surface area contributed by atoms with Crippen LogP contribution in [-0.4, -0.2) is 34.7 Å². The van der Waals surface area contributed by atoms with Crippen molar-refractivity contribution in [3.63, 3.8) is 0 Å². The zero-order valence-electron chi connectivity index (χ0n) is 11.8. The Labute approximate surface area is 122 Å². The molecule has 0 aliphatic heterocycles. The Balaban J connectivity index is 2.80. The van der Waals surface area contributed by atoms with Gasteiger partial charge in [0.05, 0.1) is 11.1 Å². The molecule has 0 fully saturated rings. The number of amides is 2. The Kier molecular flexibility index (Phi) is 5.71. The molecule has 0 aromatic heterocycles.